The highest BCUT2D eigenvalue weighted by atomic mass is 32.2. The first-order valence-corrected chi connectivity index (χ1v) is 9.16. The predicted molar refractivity (Wildman–Crippen MR) is 94.4 cm³/mol. The highest BCUT2D eigenvalue weighted by molar-refractivity contribution is 8.00. The van der Waals surface area contributed by atoms with Crippen LogP contribution in [0.15, 0.2) is 34.6 Å². The van der Waals surface area contributed by atoms with E-state index in [4.69, 9.17) is 16.0 Å². The van der Waals surface area contributed by atoms with Crippen LogP contribution in [-0.2, 0) is 14.4 Å². The Hall–Kier alpha value is -2.86. The lowest BCUT2D eigenvalue weighted by atomic mass is 9.96. The minimum atomic E-state index is -1.15. The number of rotatable bonds is 5. The second kappa shape index (κ2) is 7.17. The van der Waals surface area contributed by atoms with E-state index in [1.54, 1.807) is 0 Å². The number of hydrogen-bond acceptors (Lipinski definition) is 9. The number of oxime groups is 1. The van der Waals surface area contributed by atoms with E-state index < -0.39 is 17.8 Å². The van der Waals surface area contributed by atoms with E-state index in [-0.39, 0.29) is 33.5 Å². The number of aromatic nitrogens is 1. The van der Waals surface area contributed by atoms with Gasteiger partial charge in [0.2, 0.25) is 5.91 Å². The minimum absolute atomic E-state index is 0.0248. The van der Waals surface area contributed by atoms with Gasteiger partial charge in [-0.2, -0.15) is 0 Å². The Morgan fingerprint density at radius 3 is 2.88 bits per heavy atom. The van der Waals surface area contributed by atoms with E-state index in [1.807, 2.05) is 0 Å². The van der Waals surface area contributed by atoms with Gasteiger partial charge < -0.3 is 21.4 Å². The summed E-state index contributed by atoms with van der Waals surface area (Å²) >= 11 is 2.52. The van der Waals surface area contributed by atoms with E-state index in [1.165, 1.54) is 40.4 Å². The maximum atomic E-state index is 12.2. The number of hydrogen-bond donors (Lipinski definition) is 4. The molecule has 1 aromatic heterocycles. The van der Waals surface area contributed by atoms with Crippen LogP contribution >= 0.6 is 23.1 Å². The lowest BCUT2D eigenvalue weighted by Gasteiger charge is -2.47. The van der Waals surface area contributed by atoms with Gasteiger partial charge in [-0.1, -0.05) is 11.2 Å². The summed E-state index contributed by atoms with van der Waals surface area (Å²) in [5, 5.41) is 24.8. The van der Waals surface area contributed by atoms with Crippen molar-refractivity contribution >= 4 is 51.7 Å². The Morgan fingerprint density at radius 1 is 1.50 bits per heavy atom. The van der Waals surface area contributed by atoms with Crippen LogP contribution in [0.25, 0.3) is 0 Å². The Bertz CT molecular complexity index is 862. The van der Waals surface area contributed by atoms with Crippen molar-refractivity contribution in [2.24, 2.45) is 11.1 Å². The van der Waals surface area contributed by atoms with Gasteiger partial charge in [0.1, 0.15) is 11.4 Å². The normalized spacial score (nSPS) is 22.6. The van der Waals surface area contributed by atoms with E-state index in [9.17, 15) is 14.4 Å². The molecule has 26 heavy (non-hydrogen) atoms. The molecule has 1 aromatic rings. The van der Waals surface area contributed by atoms with Crippen molar-refractivity contribution in [3.05, 3.63) is 35.1 Å². The fourth-order valence-corrected chi connectivity index (χ4v) is 4.30. The molecule has 2 amide bonds. The summed E-state index contributed by atoms with van der Waals surface area (Å²) in [4.78, 5) is 40.5. The van der Waals surface area contributed by atoms with Crippen molar-refractivity contribution in [1.29, 1.82) is 0 Å². The average Bonchev–Trinajstić information content (AvgIpc) is 3.04. The number of aliphatic carboxylic acids is 1. The van der Waals surface area contributed by atoms with Crippen LogP contribution in [0.3, 0.4) is 0 Å². The summed E-state index contributed by atoms with van der Waals surface area (Å²) in [6.07, 6.45) is 4.23. The molecule has 0 spiro atoms. The van der Waals surface area contributed by atoms with Crippen molar-refractivity contribution in [3.8, 4) is 0 Å². The molecule has 2 aliphatic heterocycles. The number of carboxylic acids is 1. The highest BCUT2D eigenvalue weighted by Crippen LogP contribution is 2.41. The number of thiazole rings is 1. The molecule has 1 fully saturated rings. The molecule has 0 aromatic carbocycles. The number of thioether (sulfide) groups is 1. The Balaban J connectivity index is 1.63. The van der Waals surface area contributed by atoms with Gasteiger partial charge in [-0.25, -0.2) is 9.78 Å². The van der Waals surface area contributed by atoms with Crippen molar-refractivity contribution in [2.45, 2.75) is 5.37 Å². The summed E-state index contributed by atoms with van der Waals surface area (Å²) in [6.45, 7) is 0. The Labute approximate surface area is 155 Å². The number of amides is 2. The molecule has 0 radical (unpaired) electrons. The molecular weight excluding hydrogens is 382 g/mol. The number of carboxylic acid groups (broad SMARTS) is 1. The number of nitrogens with one attached hydrogen (secondary N) is 1. The first kappa shape index (κ1) is 17.9. The van der Waals surface area contributed by atoms with Gasteiger partial charge in [0.15, 0.2) is 10.8 Å². The summed E-state index contributed by atoms with van der Waals surface area (Å²) in [6, 6.07) is 0. The van der Waals surface area contributed by atoms with Crippen molar-refractivity contribution in [1.82, 2.24) is 15.2 Å². The Kier molecular flexibility index (Phi) is 4.95. The number of nitrogen functional groups attached to an aromatic ring is 1. The van der Waals surface area contributed by atoms with Gasteiger partial charge in [0.25, 0.3) is 5.91 Å². The molecule has 2 aliphatic rings. The van der Waals surface area contributed by atoms with Gasteiger partial charge in [-0.05, 0) is 6.08 Å². The maximum Gasteiger partial charge on any atom is 0.352 e. The van der Waals surface area contributed by atoms with E-state index in [0.29, 0.717) is 5.75 Å². The number of carbonyl (C=O) groups excluding carboxylic acids is 2. The van der Waals surface area contributed by atoms with E-state index >= 15 is 0 Å². The summed E-state index contributed by atoms with van der Waals surface area (Å²) in [5.74, 6) is -2.29. The summed E-state index contributed by atoms with van der Waals surface area (Å²) in [7, 11) is 0. The van der Waals surface area contributed by atoms with Gasteiger partial charge >= 0.3 is 5.97 Å². The van der Waals surface area contributed by atoms with Crippen LogP contribution in [0.1, 0.15) is 5.69 Å². The summed E-state index contributed by atoms with van der Waals surface area (Å²) < 4.78 is 0. The monoisotopic (exact) mass is 395 g/mol. The molecular formula is C14H13N5O5S2. The number of nitrogens with two attached hydrogens (primary N) is 1. The van der Waals surface area contributed by atoms with Gasteiger partial charge in [0, 0.05) is 17.3 Å². The summed E-state index contributed by atoms with van der Waals surface area (Å²) in [5.41, 5.74) is 5.27. The number of carbonyl (C=O) groups is 3. The molecule has 0 unspecified atom stereocenters. The molecule has 0 saturated carbocycles. The third-order valence-corrected chi connectivity index (χ3v) is 5.58. The zero-order valence-corrected chi connectivity index (χ0v) is 14.7. The third-order valence-electron chi connectivity index (χ3n) is 3.70. The number of nitrogens with zero attached hydrogens (tertiary/aromatic N) is 3. The van der Waals surface area contributed by atoms with Crippen LogP contribution in [0.2, 0.25) is 0 Å². The first-order valence-electron chi connectivity index (χ1n) is 7.23. The van der Waals surface area contributed by atoms with E-state index in [0.717, 1.165) is 11.3 Å². The van der Waals surface area contributed by atoms with Crippen molar-refractivity contribution in [3.63, 3.8) is 0 Å². The van der Waals surface area contributed by atoms with Gasteiger partial charge in [-0.15, -0.1) is 23.1 Å². The lowest BCUT2D eigenvalue weighted by Crippen LogP contribution is -2.60. The number of anilines is 1. The van der Waals surface area contributed by atoms with E-state index in [2.05, 4.69) is 15.5 Å². The Morgan fingerprint density at radius 2 is 2.27 bits per heavy atom. The number of β-lactam (4-membered cyclic amide) rings is 1. The molecule has 3 rings (SSSR count). The average molecular weight is 395 g/mol. The van der Waals surface area contributed by atoms with Crippen LogP contribution < -0.4 is 11.1 Å². The molecule has 10 nitrogen and oxygen atoms in total. The third kappa shape index (κ3) is 3.15. The van der Waals surface area contributed by atoms with Crippen molar-refractivity contribution in [2.75, 3.05) is 11.5 Å². The molecule has 0 aliphatic carbocycles. The minimum Gasteiger partial charge on any atom is -0.477 e. The highest BCUT2D eigenvalue weighted by Gasteiger charge is 2.50. The molecule has 12 heteroatoms. The zero-order valence-electron chi connectivity index (χ0n) is 13.0. The quantitative estimate of drug-likeness (QED) is 0.235. The van der Waals surface area contributed by atoms with Gasteiger partial charge in [-0.3, -0.25) is 14.5 Å². The second-order valence-electron chi connectivity index (χ2n) is 5.20. The number of fused-ring (bicyclic) bond motifs is 1. The maximum absolute atomic E-state index is 12.2. The molecule has 1 saturated heterocycles. The standard InChI is InChI=1S/C14H13N5O5S2/c15-14-17-7(5-26-14)9(18-24)10(20)16-3-1-6-11(21)19-8(13(22)23)2-4-25-12(6)19/h1-3,5-6,12,24H,4H2,(H2,15,17)(H,16,20)(H,22,23)/t6-,12-/m1/s1. The van der Waals surface area contributed by atoms with Crippen LogP contribution in [0, 0.1) is 5.92 Å². The molecule has 5 N–H and O–H groups in total. The lowest BCUT2D eigenvalue weighted by molar-refractivity contribution is -0.149. The topological polar surface area (TPSA) is 158 Å². The van der Waals surface area contributed by atoms with Crippen LogP contribution in [0.5, 0.6) is 0 Å². The fourth-order valence-electron chi connectivity index (χ4n) is 2.52. The zero-order chi connectivity index (χ0) is 18.8. The fraction of sp³-hybridized carbons (Fsp3) is 0.214. The molecule has 136 valence electrons. The molecule has 3 heterocycles. The first-order chi connectivity index (χ1) is 12.4. The molecule has 2 atom stereocenters. The predicted octanol–water partition coefficient (Wildman–Crippen LogP) is 0.0333. The second-order valence-corrected chi connectivity index (χ2v) is 7.24. The molecule has 0 bridgehead atoms. The van der Waals surface area contributed by atoms with Crippen LogP contribution in [0.4, 0.5) is 5.13 Å². The smallest absolute Gasteiger partial charge is 0.352 e. The SMILES string of the molecule is Nc1nc(C(=NO)C(=O)NC=C[C@@H]2C(=O)N3C(C(=O)O)=CCS[C@H]23)cs1. The largest absolute Gasteiger partial charge is 0.477 e. The van der Waals surface area contributed by atoms with Crippen molar-refractivity contribution < 1.29 is 24.7 Å². The van der Waals surface area contributed by atoms with Gasteiger partial charge in [0.05, 0.1) is 11.3 Å². The van der Waals surface area contributed by atoms with Crippen LogP contribution in [-0.4, -0.2) is 54.8 Å².